The Labute approximate surface area is 88.3 Å². The fourth-order valence-corrected chi connectivity index (χ4v) is 1.77. The Kier molecular flexibility index (Phi) is 1.82. The molecule has 0 atom stereocenters. The summed E-state index contributed by atoms with van der Waals surface area (Å²) >= 11 is 0. The highest BCUT2D eigenvalue weighted by Crippen LogP contribution is 2.34. The van der Waals surface area contributed by atoms with Crippen LogP contribution in [-0.4, -0.2) is 0 Å². The topological polar surface area (TPSA) is 13.1 Å². The van der Waals surface area contributed by atoms with Gasteiger partial charge in [0.1, 0.15) is 5.76 Å². The van der Waals surface area contributed by atoms with E-state index in [4.69, 9.17) is 4.42 Å². The predicted molar refractivity (Wildman–Crippen MR) is 59.6 cm³/mol. The second-order valence-electron chi connectivity index (χ2n) is 3.42. The monoisotopic (exact) mass is 193 g/mol. The zero-order valence-corrected chi connectivity index (χ0v) is 8.10. The van der Waals surface area contributed by atoms with Crippen molar-refractivity contribution in [2.24, 2.45) is 0 Å². The summed E-state index contributed by atoms with van der Waals surface area (Å²) in [6.45, 7) is 0. The highest BCUT2D eigenvalue weighted by Gasteiger charge is 2.12. The number of benzene rings is 1. The van der Waals surface area contributed by atoms with Crippen LogP contribution in [0.1, 0.15) is 0 Å². The molecule has 0 aromatic heterocycles. The van der Waals surface area contributed by atoms with E-state index in [1.54, 1.807) is 6.26 Å². The summed E-state index contributed by atoms with van der Waals surface area (Å²) in [5.41, 5.74) is 3.30. The van der Waals surface area contributed by atoms with Gasteiger partial charge in [-0.2, -0.15) is 0 Å². The molecule has 0 spiro atoms. The molecule has 1 aromatic rings. The molecule has 0 unspecified atom stereocenters. The van der Waals surface area contributed by atoms with Crippen LogP contribution in [0.4, 0.5) is 0 Å². The third kappa shape index (κ3) is 1.33. The lowest BCUT2D eigenvalue weighted by molar-refractivity contribution is 0.568. The first-order chi connectivity index (χ1) is 7.45. The molecule has 0 amide bonds. The third-order valence-electron chi connectivity index (χ3n) is 2.48. The summed E-state index contributed by atoms with van der Waals surface area (Å²) in [5.74, 6) is 0.931. The molecule has 15 heavy (non-hydrogen) atoms. The molecule has 1 radical (unpaired) electrons. The molecule has 1 heterocycles. The largest absolute Gasteiger partial charge is 0.464 e. The van der Waals surface area contributed by atoms with E-state index < -0.39 is 0 Å². The maximum Gasteiger partial charge on any atom is 0.141 e. The molecule has 1 aliphatic carbocycles. The average Bonchev–Trinajstić information content (AvgIpc) is 2.74. The average molecular weight is 193 g/mol. The molecule has 1 aliphatic heterocycles. The van der Waals surface area contributed by atoms with E-state index in [1.165, 1.54) is 0 Å². The van der Waals surface area contributed by atoms with Gasteiger partial charge in [0.2, 0.25) is 0 Å². The minimum Gasteiger partial charge on any atom is -0.464 e. The zero-order chi connectivity index (χ0) is 10.1. The summed E-state index contributed by atoms with van der Waals surface area (Å²) in [4.78, 5) is 0. The van der Waals surface area contributed by atoms with Gasteiger partial charge in [-0.15, -0.1) is 0 Å². The minimum absolute atomic E-state index is 0.931. The van der Waals surface area contributed by atoms with Crippen molar-refractivity contribution >= 4 is 0 Å². The van der Waals surface area contributed by atoms with Gasteiger partial charge in [0.15, 0.2) is 0 Å². The van der Waals surface area contributed by atoms with E-state index in [9.17, 15) is 0 Å². The van der Waals surface area contributed by atoms with Crippen LogP contribution in [0.5, 0.6) is 0 Å². The molecule has 71 valence electrons. The number of hydrogen-bond donors (Lipinski definition) is 0. The standard InChI is InChI=1S/C14H9O/c1-2-5-11(6-3-1)13-9-8-12-7-4-10-15-14(12)13/h1-5,7-10H. The molecular formula is C14H9O. The molecule has 0 fully saturated rings. The molecule has 0 bridgehead atoms. The molecule has 1 aromatic carbocycles. The van der Waals surface area contributed by atoms with Crippen molar-refractivity contribution in [1.29, 1.82) is 0 Å². The van der Waals surface area contributed by atoms with Crippen LogP contribution in [0.2, 0.25) is 0 Å². The van der Waals surface area contributed by atoms with Crippen LogP contribution in [0.3, 0.4) is 0 Å². The number of hydrogen-bond acceptors (Lipinski definition) is 1. The highest BCUT2D eigenvalue weighted by atomic mass is 16.3. The molecular weight excluding hydrogens is 184 g/mol. The van der Waals surface area contributed by atoms with Crippen molar-refractivity contribution < 1.29 is 4.42 Å². The maximum absolute atomic E-state index is 5.52. The van der Waals surface area contributed by atoms with Gasteiger partial charge in [-0.1, -0.05) is 30.3 Å². The minimum atomic E-state index is 0.931. The summed E-state index contributed by atoms with van der Waals surface area (Å²) in [7, 11) is 0. The van der Waals surface area contributed by atoms with Gasteiger partial charge in [-0.25, -0.2) is 0 Å². The number of fused-ring (bicyclic) bond motifs is 1. The lowest BCUT2D eigenvalue weighted by atomic mass is 10.1. The van der Waals surface area contributed by atoms with E-state index in [0.29, 0.717) is 0 Å². The van der Waals surface area contributed by atoms with Crippen molar-refractivity contribution in [3.63, 3.8) is 0 Å². The maximum atomic E-state index is 5.52. The Bertz CT molecular complexity index is 536. The SMILES string of the molecule is [c]1ccccc1-c1ccc2cccoc1-2. The number of rotatable bonds is 1. The van der Waals surface area contributed by atoms with Gasteiger partial charge in [-0.05, 0) is 29.8 Å². The normalized spacial score (nSPS) is 10.7. The Hall–Kier alpha value is -2.02. The second-order valence-corrected chi connectivity index (χ2v) is 3.42. The molecule has 1 nitrogen and oxygen atoms in total. The summed E-state index contributed by atoms with van der Waals surface area (Å²) in [6, 6.07) is 19.2. The van der Waals surface area contributed by atoms with Gasteiger partial charge in [0.05, 0.1) is 6.26 Å². The summed E-state index contributed by atoms with van der Waals surface area (Å²) in [5, 5.41) is 0. The van der Waals surface area contributed by atoms with Crippen LogP contribution >= 0.6 is 0 Å². The first kappa shape index (κ1) is 8.30. The van der Waals surface area contributed by atoms with Gasteiger partial charge < -0.3 is 4.42 Å². The summed E-state index contributed by atoms with van der Waals surface area (Å²) in [6.07, 6.45) is 1.70. The van der Waals surface area contributed by atoms with Crippen molar-refractivity contribution in [1.82, 2.24) is 0 Å². The van der Waals surface area contributed by atoms with Crippen molar-refractivity contribution in [2.75, 3.05) is 0 Å². The zero-order valence-electron chi connectivity index (χ0n) is 8.10. The Morgan fingerprint density at radius 2 is 1.93 bits per heavy atom. The third-order valence-corrected chi connectivity index (χ3v) is 2.48. The molecule has 2 aliphatic rings. The van der Waals surface area contributed by atoms with E-state index in [2.05, 4.69) is 18.2 Å². The quantitative estimate of drug-likeness (QED) is 0.572. The smallest absolute Gasteiger partial charge is 0.141 e. The Morgan fingerprint density at radius 3 is 2.80 bits per heavy atom. The van der Waals surface area contributed by atoms with Crippen LogP contribution in [-0.2, 0) is 0 Å². The lowest BCUT2D eigenvalue weighted by Crippen LogP contribution is -1.77. The van der Waals surface area contributed by atoms with E-state index in [0.717, 1.165) is 22.5 Å². The van der Waals surface area contributed by atoms with Gasteiger partial charge in [0.25, 0.3) is 0 Å². The molecule has 0 saturated carbocycles. The molecule has 0 saturated heterocycles. The van der Waals surface area contributed by atoms with Crippen molar-refractivity contribution in [2.45, 2.75) is 0 Å². The van der Waals surface area contributed by atoms with Crippen molar-refractivity contribution in [3.8, 4) is 22.5 Å². The fourth-order valence-electron chi connectivity index (χ4n) is 1.77. The molecule has 3 rings (SSSR count). The first-order valence-electron chi connectivity index (χ1n) is 4.88. The van der Waals surface area contributed by atoms with Gasteiger partial charge >= 0.3 is 0 Å². The van der Waals surface area contributed by atoms with E-state index in [-0.39, 0.29) is 0 Å². The first-order valence-corrected chi connectivity index (χ1v) is 4.88. The van der Waals surface area contributed by atoms with Gasteiger partial charge in [0, 0.05) is 11.1 Å². The van der Waals surface area contributed by atoms with Crippen LogP contribution in [0.15, 0.2) is 59.2 Å². The summed E-state index contributed by atoms with van der Waals surface area (Å²) < 4.78 is 5.52. The highest BCUT2D eigenvalue weighted by molar-refractivity contribution is 5.82. The second kappa shape index (κ2) is 3.28. The Balaban J connectivity index is 2.22. The fraction of sp³-hybridized carbons (Fsp3) is 0. The molecule has 0 N–H and O–H groups in total. The predicted octanol–water partition coefficient (Wildman–Crippen LogP) is 3.85. The Morgan fingerprint density at radius 1 is 0.933 bits per heavy atom. The van der Waals surface area contributed by atoms with E-state index >= 15 is 0 Å². The van der Waals surface area contributed by atoms with Crippen molar-refractivity contribution in [3.05, 3.63) is 60.9 Å². The van der Waals surface area contributed by atoms with Crippen LogP contribution in [0, 0.1) is 6.07 Å². The lowest BCUT2D eigenvalue weighted by Gasteiger charge is -2.01. The van der Waals surface area contributed by atoms with Gasteiger partial charge in [-0.3, -0.25) is 0 Å². The molecule has 1 heteroatoms. The van der Waals surface area contributed by atoms with E-state index in [1.807, 2.05) is 36.4 Å². The van der Waals surface area contributed by atoms with Crippen LogP contribution < -0.4 is 0 Å². The van der Waals surface area contributed by atoms with Crippen LogP contribution in [0.25, 0.3) is 22.5 Å².